The third kappa shape index (κ3) is 2.67. The molecule has 0 saturated carbocycles. The molecular formula is C14H20N2O2S. The summed E-state index contributed by atoms with van der Waals surface area (Å²) in [5.41, 5.74) is 8.79. The van der Waals surface area contributed by atoms with Gasteiger partial charge in [0.1, 0.15) is 0 Å². The van der Waals surface area contributed by atoms with Crippen LogP contribution in [0.1, 0.15) is 29.5 Å². The molecule has 0 radical (unpaired) electrons. The van der Waals surface area contributed by atoms with Crippen LogP contribution in [0.5, 0.6) is 0 Å². The Morgan fingerprint density at radius 3 is 2.32 bits per heavy atom. The predicted molar refractivity (Wildman–Crippen MR) is 77.5 cm³/mol. The molecule has 5 heteroatoms. The second kappa shape index (κ2) is 4.98. The van der Waals surface area contributed by atoms with Gasteiger partial charge in [-0.15, -0.1) is 0 Å². The minimum atomic E-state index is -3.51. The zero-order valence-electron chi connectivity index (χ0n) is 11.5. The van der Waals surface area contributed by atoms with Crippen molar-refractivity contribution >= 4 is 15.7 Å². The second-order valence-corrected chi connectivity index (χ2v) is 6.79. The second-order valence-electron chi connectivity index (χ2n) is 5.14. The van der Waals surface area contributed by atoms with Gasteiger partial charge in [-0.2, -0.15) is 0 Å². The van der Waals surface area contributed by atoms with E-state index >= 15 is 0 Å². The van der Waals surface area contributed by atoms with Crippen LogP contribution in [0.4, 0.5) is 5.69 Å². The molecule has 0 saturated heterocycles. The van der Waals surface area contributed by atoms with E-state index in [1.807, 2.05) is 25.1 Å². The molecule has 1 aromatic rings. The fraction of sp³-hybridized carbons (Fsp3) is 0.429. The summed E-state index contributed by atoms with van der Waals surface area (Å²) >= 11 is 0. The summed E-state index contributed by atoms with van der Waals surface area (Å²) < 4.78 is 27.8. The van der Waals surface area contributed by atoms with Gasteiger partial charge >= 0.3 is 0 Å². The number of anilines is 1. The molecule has 2 rings (SSSR count). The van der Waals surface area contributed by atoms with Gasteiger partial charge in [0.15, 0.2) is 0 Å². The molecule has 1 aliphatic rings. The van der Waals surface area contributed by atoms with Crippen LogP contribution in [0.3, 0.4) is 0 Å². The molecule has 0 atom stereocenters. The van der Waals surface area contributed by atoms with Crippen molar-refractivity contribution in [3.8, 4) is 0 Å². The lowest BCUT2D eigenvalue weighted by Gasteiger charge is -2.18. The topological polar surface area (TPSA) is 72.2 Å². The van der Waals surface area contributed by atoms with Crippen molar-refractivity contribution in [3.05, 3.63) is 34.9 Å². The Hall–Kier alpha value is -1.33. The molecule has 0 bridgehead atoms. The summed E-state index contributed by atoms with van der Waals surface area (Å²) in [4.78, 5) is 0.322. The first kappa shape index (κ1) is 14.1. The first-order valence-corrected chi connectivity index (χ1v) is 7.85. The Labute approximate surface area is 114 Å². The van der Waals surface area contributed by atoms with Gasteiger partial charge in [-0.3, -0.25) is 0 Å². The molecule has 0 spiro atoms. The van der Waals surface area contributed by atoms with Crippen molar-refractivity contribution in [1.82, 2.24) is 4.72 Å². The number of nitrogens with two attached hydrogens (primary N) is 1. The molecule has 1 aliphatic carbocycles. The maximum absolute atomic E-state index is 12.5. The fourth-order valence-electron chi connectivity index (χ4n) is 2.59. The summed E-state index contributed by atoms with van der Waals surface area (Å²) in [7, 11) is -3.51. The minimum absolute atomic E-state index is 0.0358. The number of sulfonamides is 1. The molecule has 4 nitrogen and oxygen atoms in total. The van der Waals surface area contributed by atoms with Gasteiger partial charge in [-0.1, -0.05) is 18.2 Å². The van der Waals surface area contributed by atoms with E-state index in [1.165, 1.54) is 0 Å². The Morgan fingerprint density at radius 1 is 1.16 bits per heavy atom. The lowest BCUT2D eigenvalue weighted by Crippen LogP contribution is -2.34. The van der Waals surface area contributed by atoms with Crippen LogP contribution >= 0.6 is 0 Å². The van der Waals surface area contributed by atoms with E-state index in [0.29, 0.717) is 16.1 Å². The normalized spacial score (nSPS) is 16.2. The largest absolute Gasteiger partial charge is 0.398 e. The predicted octanol–water partition coefficient (Wildman–Crippen LogP) is 2.19. The van der Waals surface area contributed by atoms with Gasteiger partial charge in [0.05, 0.1) is 4.90 Å². The zero-order chi connectivity index (χ0) is 14.2. The van der Waals surface area contributed by atoms with Crippen LogP contribution in [0.15, 0.2) is 23.1 Å². The van der Waals surface area contributed by atoms with Gasteiger partial charge in [-0.05, 0) is 50.3 Å². The van der Waals surface area contributed by atoms with Crippen LogP contribution < -0.4 is 10.5 Å². The third-order valence-electron chi connectivity index (χ3n) is 3.56. The highest BCUT2D eigenvalue weighted by atomic mass is 32.2. The van der Waals surface area contributed by atoms with Gasteiger partial charge in [-0.25, -0.2) is 13.1 Å². The van der Waals surface area contributed by atoms with Gasteiger partial charge in [0, 0.05) is 11.7 Å². The number of aryl methyl sites for hydroxylation is 2. The van der Waals surface area contributed by atoms with E-state index in [2.05, 4.69) is 4.72 Å². The standard InChI is InChI=1S/C14H20N2O2S/c1-9-8-10(2)14(11(3)13(9)15)19(17,18)16-12-6-4-5-7-12/h4-5,8,12,16H,6-7,15H2,1-3H3. The first-order chi connectivity index (χ1) is 8.83. The van der Waals surface area contributed by atoms with Crippen molar-refractivity contribution in [2.45, 2.75) is 44.6 Å². The molecule has 0 aliphatic heterocycles. The summed E-state index contributed by atoms with van der Waals surface area (Å²) in [5.74, 6) is 0. The van der Waals surface area contributed by atoms with Gasteiger partial charge in [0.25, 0.3) is 0 Å². The highest BCUT2D eigenvalue weighted by Crippen LogP contribution is 2.28. The summed E-state index contributed by atoms with van der Waals surface area (Å²) in [5, 5.41) is 0. The van der Waals surface area contributed by atoms with Crippen LogP contribution in [-0.4, -0.2) is 14.5 Å². The highest BCUT2D eigenvalue weighted by Gasteiger charge is 2.25. The van der Waals surface area contributed by atoms with Crippen molar-refractivity contribution in [2.24, 2.45) is 0 Å². The van der Waals surface area contributed by atoms with Crippen LogP contribution in [0, 0.1) is 20.8 Å². The monoisotopic (exact) mass is 280 g/mol. The molecule has 3 N–H and O–H groups in total. The Kier molecular flexibility index (Phi) is 3.69. The smallest absolute Gasteiger partial charge is 0.241 e. The summed E-state index contributed by atoms with van der Waals surface area (Å²) in [6, 6.07) is 1.79. The molecule has 0 amide bonds. The van der Waals surface area contributed by atoms with E-state index in [4.69, 9.17) is 5.73 Å². The van der Waals surface area contributed by atoms with Crippen molar-refractivity contribution in [1.29, 1.82) is 0 Å². The van der Waals surface area contributed by atoms with E-state index in [-0.39, 0.29) is 6.04 Å². The molecule has 104 valence electrons. The van der Waals surface area contributed by atoms with Gasteiger partial charge < -0.3 is 5.73 Å². The number of hydrogen-bond acceptors (Lipinski definition) is 3. The van der Waals surface area contributed by atoms with Crippen LogP contribution in [-0.2, 0) is 10.0 Å². The quantitative estimate of drug-likeness (QED) is 0.658. The minimum Gasteiger partial charge on any atom is -0.398 e. The molecule has 0 unspecified atom stereocenters. The van der Waals surface area contributed by atoms with Gasteiger partial charge in [0.2, 0.25) is 10.0 Å². The Bertz CT molecular complexity index is 625. The van der Waals surface area contributed by atoms with Crippen molar-refractivity contribution < 1.29 is 8.42 Å². The van der Waals surface area contributed by atoms with E-state index in [1.54, 1.807) is 13.8 Å². The molecule has 0 heterocycles. The zero-order valence-corrected chi connectivity index (χ0v) is 12.3. The molecule has 0 fully saturated rings. The Morgan fingerprint density at radius 2 is 1.74 bits per heavy atom. The number of nitrogen functional groups attached to an aromatic ring is 1. The number of benzene rings is 1. The molecule has 1 aromatic carbocycles. The number of rotatable bonds is 3. The van der Waals surface area contributed by atoms with E-state index < -0.39 is 10.0 Å². The molecule has 19 heavy (non-hydrogen) atoms. The molecular weight excluding hydrogens is 260 g/mol. The lowest BCUT2D eigenvalue weighted by molar-refractivity contribution is 0.556. The first-order valence-electron chi connectivity index (χ1n) is 6.36. The number of hydrogen-bond donors (Lipinski definition) is 2. The maximum atomic E-state index is 12.5. The third-order valence-corrected chi connectivity index (χ3v) is 5.37. The van der Waals surface area contributed by atoms with Crippen LogP contribution in [0.2, 0.25) is 0 Å². The highest BCUT2D eigenvalue weighted by molar-refractivity contribution is 7.89. The Balaban J connectivity index is 2.43. The van der Waals surface area contributed by atoms with Crippen molar-refractivity contribution in [2.75, 3.05) is 5.73 Å². The maximum Gasteiger partial charge on any atom is 0.241 e. The average Bonchev–Trinajstić information content (AvgIpc) is 2.77. The lowest BCUT2D eigenvalue weighted by atomic mass is 10.1. The van der Waals surface area contributed by atoms with E-state index in [0.717, 1.165) is 24.0 Å². The van der Waals surface area contributed by atoms with E-state index in [9.17, 15) is 8.42 Å². The van der Waals surface area contributed by atoms with Crippen molar-refractivity contribution in [3.63, 3.8) is 0 Å². The average molecular weight is 280 g/mol. The SMILES string of the molecule is Cc1cc(C)c(S(=O)(=O)NC2CC=CC2)c(C)c1N. The van der Waals surface area contributed by atoms with Crippen LogP contribution in [0.25, 0.3) is 0 Å². The summed E-state index contributed by atoms with van der Waals surface area (Å²) in [6.45, 7) is 5.46. The fourth-order valence-corrected chi connectivity index (χ4v) is 4.33. The summed E-state index contributed by atoms with van der Waals surface area (Å²) in [6.07, 6.45) is 5.49. The molecule has 0 aromatic heterocycles. The number of nitrogens with one attached hydrogen (secondary N) is 1.